The third-order valence-electron chi connectivity index (χ3n) is 7.17. The van der Waals surface area contributed by atoms with E-state index in [0.29, 0.717) is 6.04 Å². The lowest BCUT2D eigenvalue weighted by Crippen LogP contribution is -2.32. The van der Waals surface area contributed by atoms with E-state index in [1.165, 1.54) is 59.1 Å². The fraction of sp³-hybridized carbons (Fsp3) is 0.600. The van der Waals surface area contributed by atoms with Gasteiger partial charge in [-0.3, -0.25) is 0 Å². The van der Waals surface area contributed by atoms with Gasteiger partial charge in [0, 0.05) is 32.9 Å². The quantitative estimate of drug-likeness (QED) is 0.685. The lowest BCUT2D eigenvalue weighted by Gasteiger charge is -2.29. The summed E-state index contributed by atoms with van der Waals surface area (Å²) in [7, 11) is 4.01. The Hall–Kier alpha value is -2.14. The molecule has 30 heavy (non-hydrogen) atoms. The summed E-state index contributed by atoms with van der Waals surface area (Å²) in [5, 5.41) is 7.30. The van der Waals surface area contributed by atoms with Crippen LogP contribution in [0.15, 0.2) is 12.3 Å². The van der Waals surface area contributed by atoms with Crippen LogP contribution in [0.5, 0.6) is 0 Å². The summed E-state index contributed by atoms with van der Waals surface area (Å²) in [6.45, 7) is 13.4. The first-order valence-electron chi connectivity index (χ1n) is 11.3. The van der Waals surface area contributed by atoms with Crippen LogP contribution >= 0.6 is 0 Å². The Balaban J connectivity index is 1.48. The molecule has 0 aliphatic heterocycles. The molecule has 5 nitrogen and oxygen atoms in total. The summed E-state index contributed by atoms with van der Waals surface area (Å²) in [5.41, 5.74) is 8.74. The van der Waals surface area contributed by atoms with E-state index < -0.39 is 0 Å². The summed E-state index contributed by atoms with van der Waals surface area (Å²) < 4.78 is 0. The predicted octanol–water partition coefficient (Wildman–Crippen LogP) is 4.85. The molecule has 0 atom stereocenters. The first kappa shape index (κ1) is 22.5. The summed E-state index contributed by atoms with van der Waals surface area (Å²) in [6, 6.07) is 2.42. The van der Waals surface area contributed by atoms with E-state index in [9.17, 15) is 0 Å². The second-order valence-corrected chi connectivity index (χ2v) is 9.23. The third-order valence-corrected chi connectivity index (χ3v) is 7.17. The third kappa shape index (κ3) is 5.12. The molecule has 1 fully saturated rings. The summed E-state index contributed by atoms with van der Waals surface area (Å²) in [5.74, 6) is 2.45. The highest BCUT2D eigenvalue weighted by Gasteiger charge is 2.22. The standard InChI is InChI=1S/C25H39N5/c1-16-17(2)19(4)23(20(5)18(16)3)15-26-14-21-8-10-22(11-9-21)28-25-27-13-12-24(29-25)30(6)7/h12-13,21-22,26H,8-11,14-15H2,1-7H3,(H,27,28,29)/t21-,22+. The number of rotatable bonds is 7. The zero-order valence-corrected chi connectivity index (χ0v) is 19.9. The summed E-state index contributed by atoms with van der Waals surface area (Å²) in [6.07, 6.45) is 6.70. The van der Waals surface area contributed by atoms with E-state index in [0.717, 1.165) is 30.8 Å². The van der Waals surface area contributed by atoms with Gasteiger partial charge in [-0.25, -0.2) is 4.98 Å². The molecule has 1 saturated carbocycles. The zero-order chi connectivity index (χ0) is 21.8. The molecule has 1 aliphatic carbocycles. The maximum absolute atomic E-state index is 4.60. The van der Waals surface area contributed by atoms with Gasteiger partial charge < -0.3 is 15.5 Å². The number of hydrogen-bond acceptors (Lipinski definition) is 5. The van der Waals surface area contributed by atoms with Gasteiger partial charge >= 0.3 is 0 Å². The molecule has 2 N–H and O–H groups in total. The van der Waals surface area contributed by atoms with Gasteiger partial charge in [0.05, 0.1) is 0 Å². The number of nitrogens with zero attached hydrogens (tertiary/aromatic N) is 3. The van der Waals surface area contributed by atoms with Crippen molar-refractivity contribution in [2.45, 2.75) is 72.9 Å². The smallest absolute Gasteiger partial charge is 0.224 e. The molecule has 164 valence electrons. The van der Waals surface area contributed by atoms with Gasteiger partial charge in [-0.1, -0.05) is 0 Å². The van der Waals surface area contributed by atoms with Crippen molar-refractivity contribution in [3.63, 3.8) is 0 Å². The predicted molar refractivity (Wildman–Crippen MR) is 128 cm³/mol. The Labute approximate surface area is 182 Å². The Kier molecular flexibility index (Phi) is 7.35. The molecule has 0 unspecified atom stereocenters. The van der Waals surface area contributed by atoms with Crippen molar-refractivity contribution in [2.75, 3.05) is 30.9 Å². The van der Waals surface area contributed by atoms with Crippen molar-refractivity contribution >= 4 is 11.8 Å². The van der Waals surface area contributed by atoms with Crippen molar-refractivity contribution in [1.82, 2.24) is 15.3 Å². The highest BCUT2D eigenvalue weighted by molar-refractivity contribution is 5.49. The molecule has 5 heteroatoms. The van der Waals surface area contributed by atoms with Crippen LogP contribution in [0.4, 0.5) is 11.8 Å². The monoisotopic (exact) mass is 409 g/mol. The van der Waals surface area contributed by atoms with Gasteiger partial charge in [-0.2, -0.15) is 4.98 Å². The molecule has 0 amide bonds. The lowest BCUT2D eigenvalue weighted by atomic mass is 9.85. The Morgan fingerprint density at radius 1 is 0.900 bits per heavy atom. The number of aromatic nitrogens is 2. The molecular weight excluding hydrogens is 370 g/mol. The Bertz CT molecular complexity index is 837. The first-order valence-corrected chi connectivity index (χ1v) is 11.3. The van der Waals surface area contributed by atoms with Gasteiger partial charge in [-0.15, -0.1) is 0 Å². The maximum Gasteiger partial charge on any atom is 0.224 e. The van der Waals surface area contributed by atoms with E-state index in [-0.39, 0.29) is 0 Å². The van der Waals surface area contributed by atoms with E-state index in [1.807, 2.05) is 31.3 Å². The van der Waals surface area contributed by atoms with Crippen molar-refractivity contribution in [1.29, 1.82) is 0 Å². The van der Waals surface area contributed by atoms with Crippen LogP contribution in [0.1, 0.15) is 59.1 Å². The molecule has 0 radical (unpaired) electrons. The van der Waals surface area contributed by atoms with Crippen molar-refractivity contribution in [2.24, 2.45) is 5.92 Å². The number of hydrogen-bond donors (Lipinski definition) is 2. The molecule has 1 heterocycles. The number of anilines is 2. The Morgan fingerprint density at radius 3 is 2.10 bits per heavy atom. The van der Waals surface area contributed by atoms with Crippen LogP contribution < -0.4 is 15.5 Å². The molecule has 1 aromatic heterocycles. The highest BCUT2D eigenvalue weighted by Crippen LogP contribution is 2.28. The van der Waals surface area contributed by atoms with E-state index in [1.54, 1.807) is 0 Å². The van der Waals surface area contributed by atoms with Gasteiger partial charge in [0.25, 0.3) is 0 Å². The van der Waals surface area contributed by atoms with Crippen LogP contribution in [-0.4, -0.2) is 36.6 Å². The minimum absolute atomic E-state index is 0.477. The molecular formula is C25H39N5. The van der Waals surface area contributed by atoms with Crippen LogP contribution in [0.3, 0.4) is 0 Å². The topological polar surface area (TPSA) is 53.1 Å². The number of benzene rings is 1. The van der Waals surface area contributed by atoms with Crippen molar-refractivity contribution in [3.05, 3.63) is 45.6 Å². The van der Waals surface area contributed by atoms with Gasteiger partial charge in [0.15, 0.2) is 0 Å². The largest absolute Gasteiger partial charge is 0.363 e. The molecule has 1 aromatic carbocycles. The van der Waals surface area contributed by atoms with E-state index in [4.69, 9.17) is 0 Å². The van der Waals surface area contributed by atoms with E-state index >= 15 is 0 Å². The van der Waals surface area contributed by atoms with Crippen LogP contribution in [0.2, 0.25) is 0 Å². The lowest BCUT2D eigenvalue weighted by molar-refractivity contribution is 0.323. The van der Waals surface area contributed by atoms with Crippen molar-refractivity contribution in [3.8, 4) is 0 Å². The molecule has 0 saturated heterocycles. The Morgan fingerprint density at radius 2 is 1.50 bits per heavy atom. The van der Waals surface area contributed by atoms with Gasteiger partial charge in [-0.05, 0) is 112 Å². The average Bonchev–Trinajstić information content (AvgIpc) is 2.74. The fourth-order valence-corrected chi connectivity index (χ4v) is 4.61. The maximum atomic E-state index is 4.60. The highest BCUT2D eigenvalue weighted by atomic mass is 15.2. The molecule has 0 bridgehead atoms. The van der Waals surface area contributed by atoms with Gasteiger partial charge in [0.2, 0.25) is 5.95 Å². The summed E-state index contributed by atoms with van der Waals surface area (Å²) in [4.78, 5) is 11.0. The fourth-order valence-electron chi connectivity index (χ4n) is 4.61. The molecule has 2 aromatic rings. The van der Waals surface area contributed by atoms with E-state index in [2.05, 4.69) is 55.2 Å². The average molecular weight is 410 g/mol. The van der Waals surface area contributed by atoms with Crippen molar-refractivity contribution < 1.29 is 0 Å². The van der Waals surface area contributed by atoms with Gasteiger partial charge in [0.1, 0.15) is 5.82 Å². The minimum atomic E-state index is 0.477. The SMILES string of the molecule is Cc1c(C)c(C)c(CNC[C@H]2CC[C@@H](Nc3nccc(N(C)C)n3)CC2)c(C)c1C. The number of nitrogens with one attached hydrogen (secondary N) is 2. The zero-order valence-electron chi connectivity index (χ0n) is 19.9. The van der Waals surface area contributed by atoms with Crippen LogP contribution in [0, 0.1) is 40.5 Å². The second kappa shape index (κ2) is 9.78. The minimum Gasteiger partial charge on any atom is -0.363 e. The molecule has 1 aliphatic rings. The molecule has 0 spiro atoms. The normalized spacial score (nSPS) is 19.0. The molecule has 3 rings (SSSR count). The first-order chi connectivity index (χ1) is 14.3. The van der Waals surface area contributed by atoms with Crippen LogP contribution in [0.25, 0.3) is 0 Å². The summed E-state index contributed by atoms with van der Waals surface area (Å²) >= 11 is 0. The van der Waals surface area contributed by atoms with Crippen LogP contribution in [-0.2, 0) is 6.54 Å². The second-order valence-electron chi connectivity index (χ2n) is 9.23.